The molecule has 2 aromatic heterocycles. The van der Waals surface area contributed by atoms with Crippen LogP contribution in [0.4, 0.5) is 5.82 Å². The number of nitrogens with zero attached hydrogens (tertiary/aromatic N) is 1. The maximum Gasteiger partial charge on any atom is 0.214 e. The first-order valence-corrected chi connectivity index (χ1v) is 8.69. The molecule has 1 unspecified atom stereocenters. The van der Waals surface area contributed by atoms with Crippen molar-refractivity contribution in [1.82, 2.24) is 9.97 Å². The van der Waals surface area contributed by atoms with Crippen molar-refractivity contribution in [1.29, 1.82) is 0 Å². The number of hydrogen-bond donors (Lipinski definition) is 2. The monoisotopic (exact) mass is 357 g/mol. The van der Waals surface area contributed by atoms with Gasteiger partial charge in [0.1, 0.15) is 11.9 Å². The third-order valence-corrected chi connectivity index (χ3v) is 4.47. The first kappa shape index (κ1) is 16.8. The fraction of sp³-hybridized carbons (Fsp3) is 0.0909. The Morgan fingerprint density at radius 1 is 1.00 bits per heavy atom. The molecule has 5 nitrogen and oxygen atoms in total. The summed E-state index contributed by atoms with van der Waals surface area (Å²) in [6.07, 6.45) is 1.77. The molecule has 0 amide bonds. The zero-order chi connectivity index (χ0) is 18.6. The Bertz CT molecular complexity index is 1070. The average molecular weight is 357 g/mol. The van der Waals surface area contributed by atoms with E-state index in [1.165, 1.54) is 0 Å². The summed E-state index contributed by atoms with van der Waals surface area (Å²) in [6.45, 7) is 0. The molecule has 0 spiro atoms. The van der Waals surface area contributed by atoms with Crippen LogP contribution in [0.2, 0.25) is 0 Å². The predicted octanol–water partition coefficient (Wildman–Crippen LogP) is 4.61. The number of pyridine rings is 1. The Balaban J connectivity index is 1.74. The highest BCUT2D eigenvalue weighted by molar-refractivity contribution is 6.11. The number of methoxy groups -OCH3 is 1. The Morgan fingerprint density at radius 2 is 1.78 bits per heavy atom. The quantitative estimate of drug-likeness (QED) is 0.495. The molecule has 0 fully saturated rings. The zero-order valence-electron chi connectivity index (χ0n) is 14.8. The van der Waals surface area contributed by atoms with Crippen molar-refractivity contribution < 1.29 is 9.53 Å². The van der Waals surface area contributed by atoms with Crippen molar-refractivity contribution in [2.75, 3.05) is 12.4 Å². The van der Waals surface area contributed by atoms with E-state index >= 15 is 0 Å². The normalized spacial score (nSPS) is 11.9. The summed E-state index contributed by atoms with van der Waals surface area (Å²) in [5.41, 5.74) is 2.46. The number of Topliss-reactive ketones (excluding diaryl/α,β-unsaturated/α-hetero) is 1. The zero-order valence-corrected chi connectivity index (χ0v) is 14.8. The largest absolute Gasteiger partial charge is 0.481 e. The summed E-state index contributed by atoms with van der Waals surface area (Å²) in [5, 5.41) is 4.17. The topological polar surface area (TPSA) is 67.0 Å². The van der Waals surface area contributed by atoms with Crippen molar-refractivity contribution >= 4 is 22.5 Å². The molecule has 0 saturated carbocycles. The molecule has 1 atom stereocenters. The Labute approximate surface area is 157 Å². The number of para-hydroxylation sites is 1. The highest BCUT2D eigenvalue weighted by atomic mass is 16.5. The highest BCUT2D eigenvalue weighted by Crippen LogP contribution is 2.27. The molecule has 4 aromatic rings. The number of aromatic nitrogens is 2. The van der Waals surface area contributed by atoms with Crippen LogP contribution in [0.25, 0.3) is 10.9 Å². The Morgan fingerprint density at radius 3 is 2.59 bits per heavy atom. The summed E-state index contributed by atoms with van der Waals surface area (Å²) in [5.74, 6) is 1.05. The van der Waals surface area contributed by atoms with Crippen LogP contribution in [-0.2, 0) is 0 Å². The van der Waals surface area contributed by atoms with Gasteiger partial charge in [-0.15, -0.1) is 0 Å². The number of nitrogens with one attached hydrogen (secondary N) is 2. The van der Waals surface area contributed by atoms with Crippen LogP contribution >= 0.6 is 0 Å². The van der Waals surface area contributed by atoms with E-state index in [4.69, 9.17) is 4.74 Å². The van der Waals surface area contributed by atoms with Crippen molar-refractivity contribution in [3.63, 3.8) is 0 Å². The van der Waals surface area contributed by atoms with Crippen LogP contribution in [0, 0.1) is 0 Å². The van der Waals surface area contributed by atoms with Gasteiger partial charge in [0.2, 0.25) is 5.88 Å². The fourth-order valence-corrected chi connectivity index (χ4v) is 3.13. The summed E-state index contributed by atoms with van der Waals surface area (Å²) in [4.78, 5) is 21.0. The number of ether oxygens (including phenoxy) is 1. The number of benzene rings is 2. The van der Waals surface area contributed by atoms with Crippen LogP contribution in [-0.4, -0.2) is 22.9 Å². The molecular weight excluding hydrogens is 338 g/mol. The lowest BCUT2D eigenvalue weighted by Crippen LogP contribution is -2.21. The van der Waals surface area contributed by atoms with Gasteiger partial charge in [-0.05, 0) is 17.7 Å². The van der Waals surface area contributed by atoms with Gasteiger partial charge in [0.25, 0.3) is 0 Å². The van der Waals surface area contributed by atoms with Gasteiger partial charge in [-0.3, -0.25) is 4.79 Å². The molecule has 0 bridgehead atoms. The van der Waals surface area contributed by atoms with Crippen LogP contribution in [0.1, 0.15) is 22.0 Å². The van der Waals surface area contributed by atoms with Crippen LogP contribution in [0.5, 0.6) is 5.88 Å². The van der Waals surface area contributed by atoms with E-state index in [1.54, 1.807) is 19.4 Å². The van der Waals surface area contributed by atoms with Gasteiger partial charge in [-0.2, -0.15) is 4.98 Å². The maximum absolute atomic E-state index is 13.4. The number of aromatic amines is 1. The van der Waals surface area contributed by atoms with E-state index in [2.05, 4.69) is 15.3 Å². The first-order chi connectivity index (χ1) is 13.3. The lowest BCUT2D eigenvalue weighted by Gasteiger charge is -2.19. The second kappa shape index (κ2) is 7.33. The van der Waals surface area contributed by atoms with Gasteiger partial charge in [0, 0.05) is 28.7 Å². The minimum Gasteiger partial charge on any atom is -0.481 e. The number of rotatable bonds is 6. The van der Waals surface area contributed by atoms with Crippen LogP contribution < -0.4 is 10.1 Å². The Hall–Kier alpha value is -3.60. The fourth-order valence-electron chi connectivity index (χ4n) is 3.13. The predicted molar refractivity (Wildman–Crippen MR) is 106 cm³/mol. The SMILES string of the molecule is COc1cccc(NC(C(=O)c2c[nH]c3ccccc23)c2ccccc2)n1. The summed E-state index contributed by atoms with van der Waals surface area (Å²) >= 11 is 0. The molecule has 2 heterocycles. The van der Waals surface area contributed by atoms with Crippen molar-refractivity contribution in [3.05, 3.63) is 90.1 Å². The molecule has 0 saturated heterocycles. The van der Waals surface area contributed by atoms with Gasteiger partial charge in [0.15, 0.2) is 5.78 Å². The number of ketones is 1. The molecule has 2 aromatic carbocycles. The minimum atomic E-state index is -0.565. The lowest BCUT2D eigenvalue weighted by atomic mass is 9.97. The molecule has 27 heavy (non-hydrogen) atoms. The van der Waals surface area contributed by atoms with E-state index in [0.29, 0.717) is 17.3 Å². The number of fused-ring (bicyclic) bond motifs is 1. The lowest BCUT2D eigenvalue weighted by molar-refractivity contribution is 0.0971. The average Bonchev–Trinajstić information content (AvgIpc) is 3.16. The van der Waals surface area contributed by atoms with Crippen LogP contribution in [0.3, 0.4) is 0 Å². The minimum absolute atomic E-state index is 0.0248. The van der Waals surface area contributed by atoms with Crippen LogP contribution in [0.15, 0.2) is 79.0 Å². The summed E-state index contributed by atoms with van der Waals surface area (Å²) in [7, 11) is 1.57. The van der Waals surface area contributed by atoms with Gasteiger partial charge >= 0.3 is 0 Å². The highest BCUT2D eigenvalue weighted by Gasteiger charge is 2.24. The molecule has 0 aliphatic carbocycles. The standard InChI is InChI=1S/C22H19N3O2/c1-27-20-13-7-12-19(24-20)25-21(15-8-3-2-4-9-15)22(26)17-14-23-18-11-6-5-10-16(17)18/h2-14,21,23H,1H3,(H,24,25). The summed E-state index contributed by atoms with van der Waals surface area (Å²) in [6, 6.07) is 22.3. The molecule has 134 valence electrons. The molecule has 0 aliphatic heterocycles. The van der Waals surface area contributed by atoms with Crippen molar-refractivity contribution in [2.24, 2.45) is 0 Å². The number of carbonyl (C=O) groups is 1. The van der Waals surface area contributed by atoms with E-state index < -0.39 is 6.04 Å². The number of H-pyrrole nitrogens is 1. The second-order valence-electron chi connectivity index (χ2n) is 6.17. The van der Waals surface area contributed by atoms with E-state index in [1.807, 2.05) is 66.7 Å². The molecule has 0 radical (unpaired) electrons. The molecule has 0 aliphatic rings. The molecule has 2 N–H and O–H groups in total. The first-order valence-electron chi connectivity index (χ1n) is 8.69. The van der Waals surface area contributed by atoms with Gasteiger partial charge < -0.3 is 15.0 Å². The Kier molecular flexibility index (Phi) is 4.58. The third-order valence-electron chi connectivity index (χ3n) is 4.47. The van der Waals surface area contributed by atoms with Gasteiger partial charge in [-0.25, -0.2) is 0 Å². The van der Waals surface area contributed by atoms with Crippen molar-refractivity contribution in [3.8, 4) is 5.88 Å². The summed E-state index contributed by atoms with van der Waals surface area (Å²) < 4.78 is 5.19. The van der Waals surface area contributed by atoms with E-state index in [9.17, 15) is 4.79 Å². The molecule has 4 rings (SSSR count). The van der Waals surface area contributed by atoms with Crippen molar-refractivity contribution in [2.45, 2.75) is 6.04 Å². The second-order valence-corrected chi connectivity index (χ2v) is 6.17. The third kappa shape index (κ3) is 3.40. The van der Waals surface area contributed by atoms with Gasteiger partial charge in [0.05, 0.1) is 7.11 Å². The number of anilines is 1. The molecular formula is C22H19N3O2. The smallest absolute Gasteiger partial charge is 0.214 e. The van der Waals surface area contributed by atoms with E-state index in [0.717, 1.165) is 16.5 Å². The van der Waals surface area contributed by atoms with Gasteiger partial charge in [-0.1, -0.05) is 54.6 Å². The maximum atomic E-state index is 13.4. The molecule has 5 heteroatoms. The van der Waals surface area contributed by atoms with E-state index in [-0.39, 0.29) is 5.78 Å². The number of carbonyl (C=O) groups excluding carboxylic acids is 1. The number of hydrogen-bond acceptors (Lipinski definition) is 4.